The Labute approximate surface area is 81.7 Å². The molecule has 0 spiro atoms. The van der Waals surface area contributed by atoms with Crippen molar-refractivity contribution in [1.82, 2.24) is 4.90 Å². The Morgan fingerprint density at radius 2 is 1.93 bits per heavy atom. The van der Waals surface area contributed by atoms with Gasteiger partial charge in [-0.25, -0.2) is 0 Å². The van der Waals surface area contributed by atoms with Gasteiger partial charge < -0.3 is 5.11 Å². The van der Waals surface area contributed by atoms with Crippen molar-refractivity contribution in [3.05, 3.63) is 0 Å². The van der Waals surface area contributed by atoms with Gasteiger partial charge in [-0.1, -0.05) is 0 Å². The molecule has 0 amide bonds. The zero-order chi connectivity index (χ0) is 11.0. The van der Waals surface area contributed by atoms with Crippen molar-refractivity contribution in [1.29, 1.82) is 0 Å². The van der Waals surface area contributed by atoms with Crippen LogP contribution >= 0.6 is 0 Å². The first-order valence-electron chi connectivity index (χ1n) is 4.33. The highest BCUT2D eigenvalue weighted by atomic mass is 19.4. The highest BCUT2D eigenvalue weighted by Crippen LogP contribution is 2.16. The first-order chi connectivity index (χ1) is 6.49. The number of aliphatic hydroxyl groups is 1. The van der Waals surface area contributed by atoms with Crippen LogP contribution in [0.25, 0.3) is 0 Å². The summed E-state index contributed by atoms with van der Waals surface area (Å²) in [6.07, 6.45) is 1.74. The van der Waals surface area contributed by atoms with Crippen LogP contribution in [-0.4, -0.2) is 42.4 Å². The molecule has 0 rings (SSSR count). The van der Waals surface area contributed by atoms with Crippen molar-refractivity contribution in [2.24, 2.45) is 0 Å². The fraction of sp³-hybridized carbons (Fsp3) is 0.778. The standard InChI is InChI=1S/C9H14F3NO/c1-2-3-4-5-13(6-7-14)8-9(10,11)12/h1,14H,3-8H2. The number of aliphatic hydroxyl groups excluding tert-OH is 1. The zero-order valence-corrected chi connectivity index (χ0v) is 7.85. The lowest BCUT2D eigenvalue weighted by atomic mass is 10.3. The van der Waals surface area contributed by atoms with E-state index in [1.807, 2.05) is 0 Å². The predicted molar refractivity (Wildman–Crippen MR) is 47.6 cm³/mol. The molecule has 0 aromatic carbocycles. The lowest BCUT2D eigenvalue weighted by Gasteiger charge is -2.22. The minimum atomic E-state index is -4.22. The molecule has 0 aromatic heterocycles. The number of hydrogen-bond donors (Lipinski definition) is 1. The van der Waals surface area contributed by atoms with E-state index >= 15 is 0 Å². The van der Waals surface area contributed by atoms with Crippen LogP contribution in [0.5, 0.6) is 0 Å². The normalized spacial score (nSPS) is 11.7. The minimum absolute atomic E-state index is 0.0318. The first-order valence-corrected chi connectivity index (χ1v) is 4.33. The van der Waals surface area contributed by atoms with E-state index in [2.05, 4.69) is 5.92 Å². The second-order valence-electron chi connectivity index (χ2n) is 2.92. The van der Waals surface area contributed by atoms with E-state index in [0.717, 1.165) is 4.90 Å². The third kappa shape index (κ3) is 7.90. The number of halogens is 3. The summed E-state index contributed by atoms with van der Waals surface area (Å²) < 4.78 is 35.9. The average molecular weight is 209 g/mol. The Kier molecular flexibility index (Phi) is 6.34. The second-order valence-corrected chi connectivity index (χ2v) is 2.92. The third-order valence-corrected chi connectivity index (χ3v) is 1.61. The molecular formula is C9H14F3NO. The van der Waals surface area contributed by atoms with Crippen LogP contribution in [-0.2, 0) is 0 Å². The van der Waals surface area contributed by atoms with Crippen molar-refractivity contribution in [3.8, 4) is 12.3 Å². The molecule has 2 nitrogen and oxygen atoms in total. The maximum Gasteiger partial charge on any atom is 0.401 e. The van der Waals surface area contributed by atoms with E-state index in [1.54, 1.807) is 0 Å². The molecular weight excluding hydrogens is 195 g/mol. The second kappa shape index (κ2) is 6.68. The molecule has 0 unspecified atom stereocenters. The van der Waals surface area contributed by atoms with Crippen molar-refractivity contribution < 1.29 is 18.3 Å². The summed E-state index contributed by atoms with van der Waals surface area (Å²) in [6.45, 7) is -0.960. The van der Waals surface area contributed by atoms with Gasteiger partial charge in [-0.2, -0.15) is 13.2 Å². The molecule has 1 N–H and O–H groups in total. The average Bonchev–Trinajstić information content (AvgIpc) is 2.02. The molecule has 0 saturated heterocycles. The predicted octanol–water partition coefficient (Wildman–Crippen LogP) is 1.26. The van der Waals surface area contributed by atoms with Crippen LogP contribution in [0.15, 0.2) is 0 Å². The molecule has 82 valence electrons. The molecule has 0 aliphatic heterocycles. The molecule has 0 bridgehead atoms. The van der Waals surface area contributed by atoms with Gasteiger partial charge in [-0.3, -0.25) is 4.90 Å². The summed E-state index contributed by atoms with van der Waals surface area (Å²) in [5.74, 6) is 2.36. The van der Waals surface area contributed by atoms with Crippen molar-refractivity contribution in [3.63, 3.8) is 0 Å². The van der Waals surface area contributed by atoms with Gasteiger partial charge in [0, 0.05) is 13.0 Å². The number of nitrogens with zero attached hydrogens (tertiary/aromatic N) is 1. The van der Waals surface area contributed by atoms with Crippen LogP contribution in [0.1, 0.15) is 12.8 Å². The SMILES string of the molecule is C#CCCCN(CCO)CC(F)(F)F. The Hall–Kier alpha value is -0.730. The molecule has 0 fully saturated rings. The van der Waals surface area contributed by atoms with E-state index in [-0.39, 0.29) is 19.7 Å². The van der Waals surface area contributed by atoms with Gasteiger partial charge in [0.25, 0.3) is 0 Å². The van der Waals surface area contributed by atoms with Crippen molar-refractivity contribution in [2.45, 2.75) is 19.0 Å². The molecule has 0 atom stereocenters. The van der Waals surface area contributed by atoms with E-state index < -0.39 is 12.7 Å². The number of terminal acetylenes is 1. The molecule has 0 heterocycles. The van der Waals surface area contributed by atoms with Crippen LogP contribution in [0, 0.1) is 12.3 Å². The monoisotopic (exact) mass is 209 g/mol. The zero-order valence-electron chi connectivity index (χ0n) is 7.85. The first kappa shape index (κ1) is 13.3. The Morgan fingerprint density at radius 1 is 1.29 bits per heavy atom. The van der Waals surface area contributed by atoms with Crippen LogP contribution in [0.3, 0.4) is 0 Å². The quantitative estimate of drug-likeness (QED) is 0.526. The number of alkyl halides is 3. The number of hydrogen-bond acceptors (Lipinski definition) is 2. The lowest BCUT2D eigenvalue weighted by Crippen LogP contribution is -2.36. The minimum Gasteiger partial charge on any atom is -0.395 e. The van der Waals surface area contributed by atoms with Gasteiger partial charge in [0.2, 0.25) is 0 Å². The highest BCUT2D eigenvalue weighted by Gasteiger charge is 2.30. The van der Waals surface area contributed by atoms with Crippen LogP contribution in [0.2, 0.25) is 0 Å². The summed E-state index contributed by atoms with van der Waals surface area (Å²) in [4.78, 5) is 1.15. The Balaban J connectivity index is 3.84. The topological polar surface area (TPSA) is 23.5 Å². The van der Waals surface area contributed by atoms with Gasteiger partial charge in [0.1, 0.15) is 0 Å². The van der Waals surface area contributed by atoms with Gasteiger partial charge >= 0.3 is 6.18 Å². The molecule has 14 heavy (non-hydrogen) atoms. The summed E-state index contributed by atoms with van der Waals surface area (Å²) in [5.41, 5.74) is 0. The maximum atomic E-state index is 12.0. The largest absolute Gasteiger partial charge is 0.401 e. The van der Waals surface area contributed by atoms with E-state index in [1.165, 1.54) is 0 Å². The van der Waals surface area contributed by atoms with Crippen molar-refractivity contribution in [2.75, 3.05) is 26.2 Å². The van der Waals surface area contributed by atoms with Gasteiger partial charge in [0.05, 0.1) is 13.2 Å². The third-order valence-electron chi connectivity index (χ3n) is 1.61. The summed E-state index contributed by atoms with van der Waals surface area (Å²) in [7, 11) is 0. The van der Waals surface area contributed by atoms with Crippen molar-refractivity contribution >= 4 is 0 Å². The molecule has 0 saturated carbocycles. The maximum absolute atomic E-state index is 12.0. The summed E-state index contributed by atoms with van der Waals surface area (Å²) in [5, 5.41) is 8.54. The van der Waals surface area contributed by atoms with Gasteiger partial charge in [0.15, 0.2) is 0 Å². The lowest BCUT2D eigenvalue weighted by molar-refractivity contribution is -0.146. The Morgan fingerprint density at radius 3 is 2.36 bits per heavy atom. The highest BCUT2D eigenvalue weighted by molar-refractivity contribution is 4.83. The van der Waals surface area contributed by atoms with Crippen LogP contribution < -0.4 is 0 Å². The fourth-order valence-electron chi connectivity index (χ4n) is 1.07. The summed E-state index contributed by atoms with van der Waals surface area (Å²) in [6, 6.07) is 0. The molecule has 0 radical (unpaired) electrons. The van der Waals surface area contributed by atoms with E-state index in [4.69, 9.17) is 11.5 Å². The number of unbranched alkanes of at least 4 members (excludes halogenated alkanes) is 1. The number of rotatable bonds is 6. The smallest absolute Gasteiger partial charge is 0.395 e. The molecule has 0 aliphatic rings. The molecule has 5 heteroatoms. The molecule has 0 aromatic rings. The summed E-state index contributed by atoms with van der Waals surface area (Å²) >= 11 is 0. The Bertz CT molecular complexity index is 185. The van der Waals surface area contributed by atoms with Crippen LogP contribution in [0.4, 0.5) is 13.2 Å². The molecule has 0 aliphatic carbocycles. The van der Waals surface area contributed by atoms with Gasteiger partial charge in [-0.05, 0) is 13.0 Å². The van der Waals surface area contributed by atoms with E-state index in [9.17, 15) is 13.2 Å². The van der Waals surface area contributed by atoms with Gasteiger partial charge in [-0.15, -0.1) is 12.3 Å². The van der Waals surface area contributed by atoms with E-state index in [0.29, 0.717) is 12.8 Å². The fourth-order valence-corrected chi connectivity index (χ4v) is 1.07.